The first-order chi connectivity index (χ1) is 9.71. The van der Waals surface area contributed by atoms with Gasteiger partial charge >= 0.3 is 0 Å². The van der Waals surface area contributed by atoms with Gasteiger partial charge in [0.05, 0.1) is 0 Å². The number of hydrogen-bond donors (Lipinski definition) is 1. The molecule has 1 aliphatic carbocycles. The minimum Gasteiger partial charge on any atom is -0.370 e. The monoisotopic (exact) mass is 275 g/mol. The highest BCUT2D eigenvalue weighted by atomic mass is 16.5. The van der Waals surface area contributed by atoms with Crippen molar-refractivity contribution in [2.45, 2.75) is 63.9 Å². The molecule has 20 heavy (non-hydrogen) atoms. The fourth-order valence-corrected chi connectivity index (χ4v) is 3.36. The van der Waals surface area contributed by atoms with Crippen molar-refractivity contribution < 1.29 is 4.74 Å². The Bertz CT molecular complexity index is 463. The lowest BCUT2D eigenvalue weighted by Crippen LogP contribution is -2.25. The Kier molecular flexibility index (Phi) is 3.92. The maximum atomic E-state index is 5.92. The first-order valence-corrected chi connectivity index (χ1v) is 7.98. The molecule has 0 radical (unpaired) electrons. The van der Waals surface area contributed by atoms with Crippen LogP contribution in [-0.2, 0) is 10.3 Å². The third kappa shape index (κ3) is 2.66. The van der Waals surface area contributed by atoms with E-state index in [0.29, 0.717) is 5.92 Å². The highest BCUT2D eigenvalue weighted by Gasteiger charge is 2.36. The summed E-state index contributed by atoms with van der Waals surface area (Å²) in [7, 11) is 0. The van der Waals surface area contributed by atoms with Crippen molar-refractivity contribution in [1.29, 1.82) is 0 Å². The van der Waals surface area contributed by atoms with Crippen LogP contribution in [0.3, 0.4) is 0 Å². The molecule has 4 heteroatoms. The number of nitrogens with zero attached hydrogens (tertiary/aromatic N) is 2. The Hall–Kier alpha value is -1.16. The summed E-state index contributed by atoms with van der Waals surface area (Å²) in [5.41, 5.74) is 0.916. The van der Waals surface area contributed by atoms with Crippen molar-refractivity contribution in [3.05, 3.63) is 17.6 Å². The molecule has 1 aliphatic heterocycles. The van der Waals surface area contributed by atoms with E-state index in [1.54, 1.807) is 0 Å². The van der Waals surface area contributed by atoms with Crippen molar-refractivity contribution in [1.82, 2.24) is 9.97 Å². The van der Waals surface area contributed by atoms with Gasteiger partial charge in [0.25, 0.3) is 0 Å². The quantitative estimate of drug-likeness (QED) is 0.912. The van der Waals surface area contributed by atoms with Gasteiger partial charge in [-0.3, -0.25) is 0 Å². The van der Waals surface area contributed by atoms with Crippen molar-refractivity contribution in [2.24, 2.45) is 0 Å². The van der Waals surface area contributed by atoms with Crippen LogP contribution in [0.4, 0.5) is 5.82 Å². The van der Waals surface area contributed by atoms with Crippen LogP contribution < -0.4 is 5.32 Å². The minimum absolute atomic E-state index is 0.293. The van der Waals surface area contributed by atoms with Crippen molar-refractivity contribution >= 4 is 5.82 Å². The number of aromatic nitrogens is 2. The molecular weight excluding hydrogens is 250 g/mol. The second kappa shape index (κ2) is 5.68. The van der Waals surface area contributed by atoms with E-state index in [1.807, 2.05) is 0 Å². The predicted molar refractivity (Wildman–Crippen MR) is 79.9 cm³/mol. The first kappa shape index (κ1) is 13.8. The molecule has 2 heterocycles. The minimum atomic E-state index is -0.293. The van der Waals surface area contributed by atoms with Crippen LogP contribution in [0.5, 0.6) is 0 Å². The average molecular weight is 275 g/mol. The molecule has 1 saturated heterocycles. The molecule has 1 unspecified atom stereocenters. The van der Waals surface area contributed by atoms with E-state index >= 15 is 0 Å². The molecule has 1 aromatic heterocycles. The molecule has 1 N–H and O–H groups in total. The fraction of sp³-hybridized carbons (Fsp3) is 0.750. The Morgan fingerprint density at radius 3 is 2.75 bits per heavy atom. The number of nitrogens with one attached hydrogen (secondary N) is 1. The zero-order chi connectivity index (χ0) is 14.0. The van der Waals surface area contributed by atoms with E-state index in [4.69, 9.17) is 14.7 Å². The summed E-state index contributed by atoms with van der Waals surface area (Å²) in [5, 5.41) is 3.35. The van der Waals surface area contributed by atoms with Gasteiger partial charge < -0.3 is 10.1 Å². The zero-order valence-electron chi connectivity index (χ0n) is 12.6. The summed E-state index contributed by atoms with van der Waals surface area (Å²) in [6, 6.07) is 2.14. The number of ether oxygens (including phenoxy) is 1. The first-order valence-electron chi connectivity index (χ1n) is 7.98. The average Bonchev–Trinajstić information content (AvgIpc) is 3.10. The van der Waals surface area contributed by atoms with Gasteiger partial charge in [-0.05, 0) is 39.5 Å². The lowest BCUT2D eigenvalue weighted by Gasteiger charge is -2.23. The van der Waals surface area contributed by atoms with Gasteiger partial charge in [-0.15, -0.1) is 0 Å². The maximum Gasteiger partial charge on any atom is 0.162 e. The lowest BCUT2D eigenvalue weighted by molar-refractivity contribution is 0.00921. The van der Waals surface area contributed by atoms with E-state index < -0.39 is 0 Å². The topological polar surface area (TPSA) is 47.0 Å². The molecule has 3 rings (SSSR count). The molecule has 4 nitrogen and oxygen atoms in total. The third-order valence-electron chi connectivity index (χ3n) is 4.57. The van der Waals surface area contributed by atoms with Crippen molar-refractivity contribution in [3.8, 4) is 0 Å². The van der Waals surface area contributed by atoms with Crippen LogP contribution in [0.1, 0.15) is 69.8 Å². The summed E-state index contributed by atoms with van der Waals surface area (Å²) in [4.78, 5) is 9.58. The van der Waals surface area contributed by atoms with E-state index in [1.165, 1.54) is 31.4 Å². The molecular formula is C16H25N3O. The Labute approximate surface area is 121 Å². The number of rotatable bonds is 4. The summed E-state index contributed by atoms with van der Waals surface area (Å²) < 4.78 is 5.92. The normalized spacial score (nSPS) is 27.1. The van der Waals surface area contributed by atoms with Gasteiger partial charge in [0, 0.05) is 30.8 Å². The van der Waals surface area contributed by atoms with Gasteiger partial charge in [-0.2, -0.15) is 0 Å². The van der Waals surface area contributed by atoms with E-state index in [-0.39, 0.29) is 5.60 Å². The lowest BCUT2D eigenvalue weighted by atomic mass is 9.99. The second-order valence-corrected chi connectivity index (χ2v) is 6.20. The van der Waals surface area contributed by atoms with Crippen LogP contribution in [0.15, 0.2) is 6.07 Å². The molecule has 0 bridgehead atoms. The highest BCUT2D eigenvalue weighted by molar-refractivity contribution is 5.38. The summed E-state index contributed by atoms with van der Waals surface area (Å²) in [6.07, 6.45) is 7.30. The molecule has 0 spiro atoms. The van der Waals surface area contributed by atoms with Crippen LogP contribution in [0.2, 0.25) is 0 Å². The Morgan fingerprint density at radius 2 is 2.10 bits per heavy atom. The van der Waals surface area contributed by atoms with Gasteiger partial charge in [-0.25, -0.2) is 9.97 Å². The molecule has 110 valence electrons. The molecule has 2 fully saturated rings. The third-order valence-corrected chi connectivity index (χ3v) is 4.57. The van der Waals surface area contributed by atoms with Gasteiger partial charge in [0.1, 0.15) is 11.4 Å². The molecule has 1 atom stereocenters. The van der Waals surface area contributed by atoms with Crippen LogP contribution in [0, 0.1) is 0 Å². The van der Waals surface area contributed by atoms with Crippen LogP contribution in [0.25, 0.3) is 0 Å². The van der Waals surface area contributed by atoms with Crippen LogP contribution in [-0.4, -0.2) is 23.1 Å². The Morgan fingerprint density at radius 1 is 1.30 bits per heavy atom. The van der Waals surface area contributed by atoms with Gasteiger partial charge in [0.2, 0.25) is 0 Å². The number of hydrogen-bond acceptors (Lipinski definition) is 4. The van der Waals surface area contributed by atoms with E-state index in [0.717, 1.165) is 37.6 Å². The summed E-state index contributed by atoms with van der Waals surface area (Å²) >= 11 is 0. The fourth-order valence-electron chi connectivity index (χ4n) is 3.36. The Balaban J connectivity index is 1.95. The smallest absolute Gasteiger partial charge is 0.162 e. The SMILES string of the molecule is CCNc1cc(C2CCCC2)nc(C2(C)CCCO2)n1. The van der Waals surface area contributed by atoms with E-state index in [9.17, 15) is 0 Å². The molecule has 0 amide bonds. The molecule has 1 saturated carbocycles. The second-order valence-electron chi connectivity index (χ2n) is 6.20. The number of anilines is 1. The largest absolute Gasteiger partial charge is 0.370 e. The predicted octanol–water partition coefficient (Wildman–Crippen LogP) is 3.59. The van der Waals surface area contributed by atoms with Gasteiger partial charge in [-0.1, -0.05) is 12.8 Å². The maximum absolute atomic E-state index is 5.92. The summed E-state index contributed by atoms with van der Waals surface area (Å²) in [6.45, 7) is 5.94. The highest BCUT2D eigenvalue weighted by Crippen LogP contribution is 2.37. The van der Waals surface area contributed by atoms with Crippen LogP contribution >= 0.6 is 0 Å². The summed E-state index contributed by atoms with van der Waals surface area (Å²) in [5.74, 6) is 2.44. The van der Waals surface area contributed by atoms with Crippen molar-refractivity contribution in [2.75, 3.05) is 18.5 Å². The zero-order valence-corrected chi connectivity index (χ0v) is 12.6. The van der Waals surface area contributed by atoms with Gasteiger partial charge in [0.15, 0.2) is 5.82 Å². The molecule has 2 aliphatic rings. The van der Waals surface area contributed by atoms with E-state index in [2.05, 4.69) is 25.2 Å². The molecule has 0 aromatic carbocycles. The van der Waals surface area contributed by atoms with Crippen molar-refractivity contribution in [3.63, 3.8) is 0 Å². The molecule has 1 aromatic rings. The standard InChI is InChI=1S/C16H25N3O/c1-3-17-14-11-13(12-7-4-5-8-12)18-15(19-14)16(2)9-6-10-20-16/h11-12H,3-10H2,1-2H3,(H,17,18,19).